The maximum Gasteiger partial charge on any atom is 0.197 e. The molecule has 0 heterocycles. The molecule has 4 saturated carbocycles. The Bertz CT molecular complexity index is 3880. The smallest absolute Gasteiger partial charge is 0.197 e. The molecule has 4 fully saturated rings. The molecule has 0 aliphatic heterocycles. The van der Waals surface area contributed by atoms with Gasteiger partial charge in [-0.05, 0) is 266 Å². The van der Waals surface area contributed by atoms with Crippen LogP contribution in [0.15, 0.2) is 121 Å². The Morgan fingerprint density at radius 2 is 0.609 bits per heavy atom. The highest BCUT2D eigenvalue weighted by Gasteiger charge is 2.55. The minimum Gasteiger partial charge on any atom is -0.203 e. The third-order valence-electron chi connectivity index (χ3n) is 24.0. The first-order chi connectivity index (χ1) is 51.1. The molecule has 4 aliphatic carbocycles. The van der Waals surface area contributed by atoms with E-state index < -0.39 is 28.7 Å². The summed E-state index contributed by atoms with van der Waals surface area (Å²) in [5.74, 6) is -1.58. The van der Waals surface area contributed by atoms with Crippen LogP contribution in [0, 0.1) is 111 Å². The van der Waals surface area contributed by atoms with E-state index in [4.69, 9.17) is 11.6 Å². The summed E-state index contributed by atoms with van der Waals surface area (Å²) in [7, 11) is 0. The molecule has 0 unspecified atom stereocenters. The van der Waals surface area contributed by atoms with Crippen molar-refractivity contribution in [2.75, 3.05) is 0 Å². The van der Waals surface area contributed by atoms with Crippen LogP contribution < -0.4 is 0 Å². The topological polar surface area (TPSA) is 0 Å². The Morgan fingerprint density at radius 1 is 0.313 bits per heavy atom. The SMILES string of the molecule is C.CC(C)(C)C(C)(C)C.CC(C)(C)C12CC3CC(CC(C3)C1)C2.CC(C)(C)c1ccccc1C(C)(C)C.CC(C)c1cccc(C(C)C)c1C(C)(C)C.Cc1c(F)c(F)c(F)c(F)c1C(C)(C)C.Cc1cc(C)cc(C(C)(C)C)c1.Cc1cccc(C)c1C(C)(C)C.Cc1cccc(Cl)c1C(C)(C)C.Cc1ccccc1C(C)(C)C. The molecule has 0 spiro atoms. The summed E-state index contributed by atoms with van der Waals surface area (Å²) >= 11 is 6.11. The van der Waals surface area contributed by atoms with Gasteiger partial charge in [0.1, 0.15) is 0 Å². The largest absolute Gasteiger partial charge is 0.203 e. The highest BCUT2D eigenvalue weighted by molar-refractivity contribution is 6.31. The van der Waals surface area contributed by atoms with Crippen molar-refractivity contribution in [2.24, 2.45) is 39.4 Å². The molecule has 0 N–H and O–H groups in total. The lowest BCUT2D eigenvalue weighted by atomic mass is 9.43. The van der Waals surface area contributed by atoms with E-state index in [1.54, 1.807) is 64.9 Å². The lowest BCUT2D eigenvalue weighted by Crippen LogP contribution is -2.51. The zero-order valence-corrected chi connectivity index (χ0v) is 82.3. The van der Waals surface area contributed by atoms with Crippen LogP contribution in [0.3, 0.4) is 0 Å². The van der Waals surface area contributed by atoms with Crippen molar-refractivity contribution in [2.45, 2.75) is 406 Å². The predicted molar refractivity (Wildman–Crippen MR) is 507 cm³/mol. The molecule has 7 aromatic carbocycles. The lowest BCUT2D eigenvalue weighted by molar-refractivity contribution is -0.113. The molecule has 0 radical (unpaired) electrons. The van der Waals surface area contributed by atoms with Crippen molar-refractivity contribution in [3.8, 4) is 0 Å². The quantitative estimate of drug-likeness (QED) is 0.0919. The predicted octanol–water partition coefficient (Wildman–Crippen LogP) is 35.8. The number of hydrogen-bond donors (Lipinski definition) is 0. The Kier molecular flexibility index (Phi) is 39.0. The third kappa shape index (κ3) is 32.2. The van der Waals surface area contributed by atoms with Crippen molar-refractivity contribution in [3.63, 3.8) is 0 Å². The summed E-state index contributed by atoms with van der Waals surface area (Å²) in [5, 5.41) is 0.877. The highest BCUT2D eigenvalue weighted by atomic mass is 35.5. The zero-order valence-electron chi connectivity index (χ0n) is 81.6. The molecule has 0 amide bonds. The molecular formula is C110H173ClF4. The fourth-order valence-electron chi connectivity index (χ4n) is 17.3. The van der Waals surface area contributed by atoms with E-state index in [0.717, 1.165) is 28.2 Å². The number of benzene rings is 7. The summed E-state index contributed by atoms with van der Waals surface area (Å²) in [6.45, 7) is 96.7. The van der Waals surface area contributed by atoms with E-state index in [9.17, 15) is 17.6 Å². The molecular weight excluding hydrogens is 1430 g/mol. The fraction of sp³-hybridized carbons (Fsp3) is 0.618. The van der Waals surface area contributed by atoms with E-state index in [2.05, 4.69) is 386 Å². The van der Waals surface area contributed by atoms with Gasteiger partial charge in [-0.2, -0.15) is 0 Å². The van der Waals surface area contributed by atoms with E-state index in [-0.39, 0.29) is 56.5 Å². The van der Waals surface area contributed by atoms with Gasteiger partial charge in [-0.3, -0.25) is 0 Å². The van der Waals surface area contributed by atoms with E-state index >= 15 is 0 Å². The summed E-state index contributed by atoms with van der Waals surface area (Å²) in [5.41, 5.74) is 24.1. The summed E-state index contributed by atoms with van der Waals surface area (Å²) in [6.07, 6.45) is 9.41. The second-order valence-corrected chi connectivity index (χ2v) is 46.7. The summed E-state index contributed by atoms with van der Waals surface area (Å²) < 4.78 is 52.4. The minimum absolute atomic E-state index is 0. The van der Waals surface area contributed by atoms with Gasteiger partial charge in [-0.15, -0.1) is 0 Å². The molecule has 4 bridgehead atoms. The van der Waals surface area contributed by atoms with Gasteiger partial charge in [0.15, 0.2) is 23.3 Å². The van der Waals surface area contributed by atoms with Crippen LogP contribution >= 0.6 is 11.6 Å². The molecule has 115 heavy (non-hydrogen) atoms. The molecule has 0 aromatic heterocycles. The number of aryl methyl sites for hydroxylation is 6. The van der Waals surface area contributed by atoms with E-state index in [0.29, 0.717) is 28.1 Å². The van der Waals surface area contributed by atoms with Crippen molar-refractivity contribution in [1.29, 1.82) is 0 Å². The monoisotopic (exact) mass is 1610 g/mol. The lowest BCUT2D eigenvalue weighted by Gasteiger charge is -2.62. The maximum atomic E-state index is 13.4. The minimum atomic E-state index is -1.75. The average Bonchev–Trinajstić information content (AvgIpc) is 0.729. The Balaban J connectivity index is 0.000000649. The van der Waals surface area contributed by atoms with E-state index in [1.807, 2.05) is 12.1 Å². The molecule has 5 heteroatoms. The Labute approximate surface area is 714 Å². The van der Waals surface area contributed by atoms with Crippen molar-refractivity contribution in [1.82, 2.24) is 0 Å². The molecule has 0 atom stereocenters. The van der Waals surface area contributed by atoms with Gasteiger partial charge in [-0.25, -0.2) is 17.6 Å². The van der Waals surface area contributed by atoms with Crippen LogP contribution in [0.1, 0.15) is 409 Å². The van der Waals surface area contributed by atoms with Crippen LogP contribution in [0.2, 0.25) is 5.02 Å². The van der Waals surface area contributed by atoms with Crippen molar-refractivity contribution in [3.05, 3.63) is 244 Å². The normalized spacial score (nSPS) is 16.9. The van der Waals surface area contributed by atoms with E-state index in [1.165, 1.54) is 84.8 Å². The average molecular weight is 1610 g/mol. The molecule has 4 aliphatic rings. The van der Waals surface area contributed by atoms with Crippen LogP contribution in [0.4, 0.5) is 17.6 Å². The molecule has 0 nitrogen and oxygen atoms in total. The summed E-state index contributed by atoms with van der Waals surface area (Å²) in [6, 6.07) is 43.4. The third-order valence-corrected chi connectivity index (χ3v) is 24.4. The van der Waals surface area contributed by atoms with Crippen LogP contribution in [-0.2, 0) is 43.3 Å². The molecule has 0 saturated heterocycles. The second kappa shape index (κ2) is 41.7. The second-order valence-electron chi connectivity index (χ2n) is 46.3. The van der Waals surface area contributed by atoms with Crippen LogP contribution in [0.5, 0.6) is 0 Å². The van der Waals surface area contributed by atoms with Gasteiger partial charge < -0.3 is 0 Å². The van der Waals surface area contributed by atoms with Gasteiger partial charge in [0, 0.05) is 10.6 Å². The fourth-order valence-corrected chi connectivity index (χ4v) is 17.8. The van der Waals surface area contributed by atoms with Gasteiger partial charge in [0.05, 0.1) is 0 Å². The Hall–Kier alpha value is -5.45. The van der Waals surface area contributed by atoms with Crippen LogP contribution in [0.25, 0.3) is 0 Å². The maximum absolute atomic E-state index is 13.4. The Morgan fingerprint density at radius 3 is 0.870 bits per heavy atom. The van der Waals surface area contributed by atoms with Gasteiger partial charge in [-0.1, -0.05) is 402 Å². The highest BCUT2D eigenvalue weighted by Crippen LogP contribution is 2.66. The van der Waals surface area contributed by atoms with Crippen molar-refractivity contribution < 1.29 is 17.6 Å². The first kappa shape index (κ1) is 108. The first-order valence-electron chi connectivity index (χ1n) is 43.2. The standard InChI is InChI=1S/C16H26.C14H24.C14H22.2C12H18.C11H15Cl.C11H12F4.C11H16.C8H18.CH4/c1-11(2)13-9-8-10-14(12(3)4)15(13)16(5,6)7;1-13(2,3)14-7-10-4-11(8-14)6-12(5-10)9-14;1-13(2,3)11-9-7-8-10-12(11)14(4,5)6;1-9-6-10(2)8-11(7-9)12(3,4)5;1-9-7-6-8-10(2)11(9)12(3,4)5;1-8-6-5-7-9(12)10(8)11(2,3)4;1-5-6(11(2,3)4)8(13)10(15)9(14)7(5)12;1-9-7-5-6-8-10(9)11(2,3)4;1-7(2,3)8(4,5)6;/h8-12H,1-7H3;10-12H,4-9H2,1-3H3;7-10H,1-6H3;2*6-8H,1-5H3;5-7H,1-4H3;1-4H3;5-8H,1-4H3;1-6H3;1H4. The van der Waals surface area contributed by atoms with Gasteiger partial charge >= 0.3 is 0 Å². The van der Waals surface area contributed by atoms with Gasteiger partial charge in [0.25, 0.3) is 0 Å². The number of halogens is 5. The number of hydrogen-bond acceptors (Lipinski definition) is 0. The first-order valence-corrected chi connectivity index (χ1v) is 43.6. The van der Waals surface area contributed by atoms with Gasteiger partial charge in [0.2, 0.25) is 0 Å². The van der Waals surface area contributed by atoms with Crippen LogP contribution in [-0.4, -0.2) is 0 Å². The van der Waals surface area contributed by atoms with Crippen molar-refractivity contribution >= 4 is 11.6 Å². The molecule has 648 valence electrons. The zero-order chi connectivity index (χ0) is 89.0. The molecule has 7 aromatic rings. The number of rotatable bonds is 2. The summed E-state index contributed by atoms with van der Waals surface area (Å²) in [4.78, 5) is 0. The molecule has 11 rings (SSSR count).